The zero-order valence-electron chi connectivity index (χ0n) is 22.5. The van der Waals surface area contributed by atoms with Gasteiger partial charge in [0.05, 0.1) is 43.0 Å². The zero-order valence-corrected chi connectivity index (χ0v) is 23.5. The molecule has 2 saturated heterocycles. The highest BCUT2D eigenvalue weighted by atomic mass is 28.4. The minimum Gasteiger partial charge on any atom is -0.465 e. The molecule has 2 aliphatic heterocycles. The van der Waals surface area contributed by atoms with E-state index in [4.69, 9.17) is 18.6 Å². The molecule has 0 bridgehead atoms. The Hall–Kier alpha value is -0.943. The van der Waals surface area contributed by atoms with Gasteiger partial charge in [0, 0.05) is 12.3 Å². The van der Waals surface area contributed by atoms with Gasteiger partial charge in [0.15, 0.2) is 8.32 Å². The number of ether oxygens (including phenoxy) is 3. The molecule has 0 unspecified atom stereocenters. The Morgan fingerprint density at radius 3 is 2.42 bits per heavy atom. The summed E-state index contributed by atoms with van der Waals surface area (Å²) in [5.41, 5.74) is -0.937. The summed E-state index contributed by atoms with van der Waals surface area (Å²) in [6.45, 7) is 19.8. The molecule has 0 amide bonds. The predicted octanol–water partition coefficient (Wildman–Crippen LogP) is 6.00. The van der Waals surface area contributed by atoms with E-state index in [2.05, 4.69) is 39.9 Å². The topological polar surface area (TPSA) is 77.8 Å². The van der Waals surface area contributed by atoms with E-state index in [1.54, 1.807) is 0 Å². The fourth-order valence-electron chi connectivity index (χ4n) is 4.28. The van der Waals surface area contributed by atoms with Gasteiger partial charge in [-0.3, -0.25) is 4.79 Å². The average molecular weight is 482 g/mol. The predicted molar refractivity (Wildman–Crippen MR) is 132 cm³/mol. The number of esters is 1. The Morgan fingerprint density at radius 2 is 1.85 bits per heavy atom. The number of rotatable bonds is 9. The van der Waals surface area contributed by atoms with E-state index < -0.39 is 19.3 Å². The molecule has 7 heteroatoms. The third kappa shape index (κ3) is 7.52. The molecule has 2 heterocycles. The van der Waals surface area contributed by atoms with Gasteiger partial charge < -0.3 is 18.6 Å². The van der Waals surface area contributed by atoms with Crippen LogP contribution in [0.5, 0.6) is 0 Å². The van der Waals surface area contributed by atoms with Gasteiger partial charge in [-0.15, -0.1) is 0 Å². The summed E-state index contributed by atoms with van der Waals surface area (Å²) in [7, 11) is -1.94. The number of nitriles is 1. The van der Waals surface area contributed by atoms with E-state index in [9.17, 15) is 10.1 Å². The summed E-state index contributed by atoms with van der Waals surface area (Å²) in [4.78, 5) is 12.0. The first kappa shape index (κ1) is 28.3. The molecule has 0 saturated carbocycles. The lowest BCUT2D eigenvalue weighted by Crippen LogP contribution is -2.55. The molecular weight excluding hydrogens is 434 g/mol. The van der Waals surface area contributed by atoms with Crippen molar-refractivity contribution in [2.45, 2.75) is 129 Å². The van der Waals surface area contributed by atoms with E-state index in [0.717, 1.165) is 38.5 Å². The van der Waals surface area contributed by atoms with E-state index in [1.165, 1.54) is 0 Å². The molecule has 0 aromatic carbocycles. The Balaban J connectivity index is 2.04. The van der Waals surface area contributed by atoms with Crippen molar-refractivity contribution in [3.05, 3.63) is 0 Å². The Kier molecular flexibility index (Phi) is 9.23. The fourth-order valence-corrected chi connectivity index (χ4v) is 5.32. The largest absolute Gasteiger partial charge is 0.465 e. The van der Waals surface area contributed by atoms with Gasteiger partial charge >= 0.3 is 5.97 Å². The van der Waals surface area contributed by atoms with Crippen molar-refractivity contribution in [3.8, 4) is 6.07 Å². The number of hydrogen-bond acceptors (Lipinski definition) is 6. The van der Waals surface area contributed by atoms with Crippen LogP contribution in [0, 0.1) is 22.7 Å². The van der Waals surface area contributed by atoms with Gasteiger partial charge in [0.1, 0.15) is 5.60 Å². The van der Waals surface area contributed by atoms with Crippen LogP contribution < -0.4 is 0 Å². The van der Waals surface area contributed by atoms with Gasteiger partial charge in [-0.25, -0.2) is 0 Å². The summed E-state index contributed by atoms with van der Waals surface area (Å²) in [6.07, 6.45) is 5.12. The molecular formula is C26H47NO5Si. The van der Waals surface area contributed by atoms with Crippen molar-refractivity contribution in [2.24, 2.45) is 11.3 Å². The number of nitrogens with zero attached hydrogens (tertiary/aromatic N) is 1. The number of hydrogen-bond donors (Lipinski definition) is 0. The smallest absolute Gasteiger partial charge is 0.311 e. The summed E-state index contributed by atoms with van der Waals surface area (Å²) in [5, 5.41) is 9.41. The lowest BCUT2D eigenvalue weighted by molar-refractivity contribution is -0.183. The monoisotopic (exact) mass is 481 g/mol. The van der Waals surface area contributed by atoms with Gasteiger partial charge in [0.25, 0.3) is 0 Å². The molecule has 0 aliphatic carbocycles. The normalized spacial score (nSPS) is 29.3. The van der Waals surface area contributed by atoms with Gasteiger partial charge in [-0.05, 0) is 77.9 Å². The standard InChI is InChI=1S/C26H47NO5Si/c1-19(17-27)15-20-12-13-22-26(32-20,18-30-33(8,9)25(5,6)7)16-21(31-22)11-10-14-29-23(28)24(2,3)4/h19-22H,10-16,18H2,1-9H3/t19-,20-,21+,22+,26-/m1/s1. The maximum absolute atomic E-state index is 12.0. The molecule has 0 aromatic rings. The third-order valence-electron chi connectivity index (χ3n) is 7.51. The first-order valence-electron chi connectivity index (χ1n) is 12.6. The highest BCUT2D eigenvalue weighted by molar-refractivity contribution is 6.74. The van der Waals surface area contributed by atoms with Crippen molar-refractivity contribution >= 4 is 14.3 Å². The maximum atomic E-state index is 12.0. The summed E-state index contributed by atoms with van der Waals surface area (Å²) < 4.78 is 25.3. The minimum absolute atomic E-state index is 0.0121. The fraction of sp³-hybridized carbons (Fsp3) is 0.923. The van der Waals surface area contributed by atoms with Crippen molar-refractivity contribution in [1.29, 1.82) is 5.26 Å². The SMILES string of the molecule is C[C@@H](C#N)C[C@H]1CC[C@@H]2O[C@@H](CCCOC(=O)C(C)(C)C)C[C@]2(CO[Si](C)(C)C(C)(C)C)O1. The molecule has 0 spiro atoms. The summed E-state index contributed by atoms with van der Waals surface area (Å²) >= 11 is 0. The van der Waals surface area contributed by atoms with Crippen LogP contribution in [0.25, 0.3) is 0 Å². The third-order valence-corrected chi connectivity index (χ3v) is 12.0. The number of fused-ring (bicyclic) bond motifs is 1. The van der Waals surface area contributed by atoms with E-state index in [-0.39, 0.29) is 35.2 Å². The summed E-state index contributed by atoms with van der Waals surface area (Å²) in [5.74, 6) is -0.193. The Labute approximate surface area is 202 Å². The summed E-state index contributed by atoms with van der Waals surface area (Å²) in [6, 6.07) is 2.35. The maximum Gasteiger partial charge on any atom is 0.311 e. The highest BCUT2D eigenvalue weighted by Gasteiger charge is 2.54. The van der Waals surface area contributed by atoms with E-state index in [1.807, 2.05) is 27.7 Å². The van der Waals surface area contributed by atoms with Crippen LogP contribution in [-0.4, -0.2) is 51.4 Å². The molecule has 33 heavy (non-hydrogen) atoms. The van der Waals surface area contributed by atoms with Crippen molar-refractivity contribution in [2.75, 3.05) is 13.2 Å². The second-order valence-corrected chi connectivity index (χ2v) is 17.5. The average Bonchev–Trinajstić information content (AvgIpc) is 3.06. The molecule has 0 aromatic heterocycles. The van der Waals surface area contributed by atoms with Crippen LogP contribution in [0.15, 0.2) is 0 Å². The van der Waals surface area contributed by atoms with Crippen LogP contribution in [0.4, 0.5) is 0 Å². The molecule has 2 fully saturated rings. The first-order valence-corrected chi connectivity index (χ1v) is 15.5. The zero-order chi connectivity index (χ0) is 25.1. The van der Waals surface area contributed by atoms with Crippen LogP contribution >= 0.6 is 0 Å². The Bertz CT molecular complexity index is 705. The second-order valence-electron chi connectivity index (χ2n) is 12.7. The lowest BCUT2D eigenvalue weighted by atomic mass is 9.85. The molecule has 2 rings (SSSR count). The van der Waals surface area contributed by atoms with Crippen LogP contribution in [0.3, 0.4) is 0 Å². The Morgan fingerprint density at radius 1 is 1.18 bits per heavy atom. The molecule has 190 valence electrons. The molecule has 0 radical (unpaired) electrons. The quantitative estimate of drug-likeness (QED) is 0.228. The van der Waals surface area contributed by atoms with Crippen molar-refractivity contribution < 1.29 is 23.4 Å². The van der Waals surface area contributed by atoms with Crippen LogP contribution in [0.2, 0.25) is 18.1 Å². The number of carbonyl (C=O) groups is 1. The molecule has 6 nitrogen and oxygen atoms in total. The lowest BCUT2D eigenvalue weighted by Gasteiger charge is -2.45. The van der Waals surface area contributed by atoms with Gasteiger partial charge in [-0.1, -0.05) is 20.8 Å². The minimum atomic E-state index is -1.94. The van der Waals surface area contributed by atoms with Crippen LogP contribution in [0.1, 0.15) is 87.0 Å². The number of carbonyl (C=O) groups excluding carboxylic acids is 1. The van der Waals surface area contributed by atoms with Crippen molar-refractivity contribution in [3.63, 3.8) is 0 Å². The van der Waals surface area contributed by atoms with E-state index in [0.29, 0.717) is 13.2 Å². The highest BCUT2D eigenvalue weighted by Crippen LogP contribution is 2.46. The molecule has 5 atom stereocenters. The van der Waals surface area contributed by atoms with E-state index >= 15 is 0 Å². The van der Waals surface area contributed by atoms with Gasteiger partial charge in [-0.2, -0.15) is 5.26 Å². The first-order chi connectivity index (χ1) is 15.1. The molecule has 2 aliphatic rings. The van der Waals surface area contributed by atoms with Crippen molar-refractivity contribution in [1.82, 2.24) is 0 Å². The molecule has 0 N–H and O–H groups in total. The van der Waals surface area contributed by atoms with Crippen LogP contribution in [-0.2, 0) is 23.4 Å². The van der Waals surface area contributed by atoms with Gasteiger partial charge in [0.2, 0.25) is 0 Å². The second kappa shape index (κ2) is 10.8.